The number of benzene rings is 1. The minimum absolute atomic E-state index is 0.0469. The Balaban J connectivity index is 1.16. The first-order valence-corrected chi connectivity index (χ1v) is 13.1. The Morgan fingerprint density at radius 3 is 2.58 bits per heavy atom. The van der Waals surface area contributed by atoms with Crippen LogP contribution in [-0.2, 0) is 9.53 Å². The molecule has 0 amide bonds. The zero-order chi connectivity index (χ0) is 25.5. The second-order valence-electron chi connectivity index (χ2n) is 11.7. The van der Waals surface area contributed by atoms with Crippen molar-refractivity contribution in [1.82, 2.24) is 9.97 Å². The van der Waals surface area contributed by atoms with Gasteiger partial charge in [-0.15, -0.1) is 0 Å². The third-order valence-corrected chi connectivity index (χ3v) is 7.48. The molecule has 7 nitrogen and oxygen atoms in total. The van der Waals surface area contributed by atoms with Gasteiger partial charge in [0.15, 0.2) is 11.6 Å². The Kier molecular flexibility index (Phi) is 6.55. The molecule has 5 rings (SSSR count). The number of halogens is 1. The molecular weight excluding hydrogens is 459 g/mol. The van der Waals surface area contributed by atoms with E-state index < -0.39 is 5.60 Å². The first kappa shape index (κ1) is 24.8. The predicted octanol–water partition coefficient (Wildman–Crippen LogP) is 5.10. The number of carbonyl (C=O) groups excluding carboxylic acids is 1. The molecule has 3 aliphatic rings. The van der Waals surface area contributed by atoms with E-state index in [1.807, 2.05) is 56.9 Å². The van der Waals surface area contributed by atoms with E-state index in [4.69, 9.17) is 9.47 Å². The van der Waals surface area contributed by atoms with Crippen molar-refractivity contribution in [2.45, 2.75) is 77.4 Å². The van der Waals surface area contributed by atoms with Crippen molar-refractivity contribution in [3.63, 3.8) is 0 Å². The van der Waals surface area contributed by atoms with E-state index in [2.05, 4.69) is 14.9 Å². The van der Waals surface area contributed by atoms with Crippen molar-refractivity contribution in [3.05, 3.63) is 41.8 Å². The first-order valence-electron chi connectivity index (χ1n) is 13.1. The van der Waals surface area contributed by atoms with E-state index in [1.54, 1.807) is 0 Å². The molecule has 2 atom stereocenters. The van der Waals surface area contributed by atoms with Gasteiger partial charge in [-0.2, -0.15) is 4.98 Å². The summed E-state index contributed by atoms with van der Waals surface area (Å²) in [4.78, 5) is 25.2. The Labute approximate surface area is 213 Å². The second-order valence-corrected chi connectivity index (χ2v) is 11.7. The van der Waals surface area contributed by atoms with Crippen molar-refractivity contribution in [2.75, 3.05) is 36.0 Å². The van der Waals surface area contributed by atoms with Gasteiger partial charge in [0.2, 0.25) is 5.95 Å². The highest BCUT2D eigenvalue weighted by atomic mass is 19.1. The van der Waals surface area contributed by atoms with Gasteiger partial charge in [0.25, 0.3) is 0 Å². The van der Waals surface area contributed by atoms with E-state index in [0.717, 1.165) is 30.8 Å². The van der Waals surface area contributed by atoms with Crippen molar-refractivity contribution in [2.24, 2.45) is 5.41 Å². The lowest BCUT2D eigenvalue weighted by Gasteiger charge is -2.22. The van der Waals surface area contributed by atoms with Gasteiger partial charge in [0.1, 0.15) is 17.5 Å². The van der Waals surface area contributed by atoms with Gasteiger partial charge in [-0.25, -0.2) is 9.37 Å². The van der Waals surface area contributed by atoms with Crippen LogP contribution in [0.2, 0.25) is 0 Å². The Hall–Kier alpha value is -2.90. The molecule has 0 N–H and O–H groups in total. The third kappa shape index (κ3) is 5.73. The summed E-state index contributed by atoms with van der Waals surface area (Å²) in [5, 5.41) is 0. The molecule has 1 aromatic heterocycles. The lowest BCUT2D eigenvalue weighted by atomic mass is 9.98. The molecule has 0 radical (unpaired) electrons. The maximum Gasteiger partial charge on any atom is 0.306 e. The zero-order valence-electron chi connectivity index (χ0n) is 21.8. The van der Waals surface area contributed by atoms with Crippen LogP contribution in [0.1, 0.15) is 71.3 Å². The summed E-state index contributed by atoms with van der Waals surface area (Å²) >= 11 is 0. The largest absolute Gasteiger partial charge is 0.489 e. The average Bonchev–Trinajstić information content (AvgIpc) is 3.20. The monoisotopic (exact) mass is 496 g/mol. The summed E-state index contributed by atoms with van der Waals surface area (Å²) < 4.78 is 26.3. The van der Waals surface area contributed by atoms with E-state index >= 15 is 0 Å². The quantitative estimate of drug-likeness (QED) is 0.494. The number of hydrogen-bond donors (Lipinski definition) is 0. The third-order valence-electron chi connectivity index (χ3n) is 7.48. The second kappa shape index (κ2) is 9.52. The number of esters is 1. The van der Waals surface area contributed by atoms with E-state index in [1.165, 1.54) is 25.5 Å². The molecule has 1 aromatic carbocycles. The summed E-state index contributed by atoms with van der Waals surface area (Å²) in [6, 6.07) is 7.87. The van der Waals surface area contributed by atoms with Gasteiger partial charge in [-0.05, 0) is 69.1 Å². The molecule has 3 heterocycles. The van der Waals surface area contributed by atoms with Crippen LogP contribution in [0, 0.1) is 11.2 Å². The van der Waals surface area contributed by atoms with Crippen molar-refractivity contribution < 1.29 is 18.7 Å². The molecule has 1 aliphatic carbocycles. The standard InChI is InChI=1S/C28H37FN4O3/c1-19(15-24(34)36-27(2,3)4)20-5-7-21(8-6-20)35-22-9-13-32(17-22)25-23(29)16-30-26(31-25)33-14-12-28(18-33)10-11-28/h5-8,16,19,22H,9-15,17-18H2,1-4H3/t19-,22-/m1/s1. The van der Waals surface area contributed by atoms with Crippen LogP contribution in [-0.4, -0.2) is 53.8 Å². The van der Waals surface area contributed by atoms with Crippen molar-refractivity contribution in [1.29, 1.82) is 0 Å². The highest BCUT2D eigenvalue weighted by molar-refractivity contribution is 5.71. The zero-order valence-corrected chi connectivity index (χ0v) is 21.8. The van der Waals surface area contributed by atoms with Gasteiger partial charge in [-0.3, -0.25) is 4.79 Å². The number of ether oxygens (including phenoxy) is 2. The van der Waals surface area contributed by atoms with Crippen LogP contribution in [0.3, 0.4) is 0 Å². The molecule has 194 valence electrons. The molecule has 0 bridgehead atoms. The SMILES string of the molecule is C[C@H](CC(=O)OC(C)(C)C)c1ccc(O[C@@H]2CCN(c3nc(N4CCC5(CC5)C4)ncc3F)C2)cc1. The van der Waals surface area contributed by atoms with Gasteiger partial charge >= 0.3 is 5.97 Å². The molecule has 3 fully saturated rings. The number of nitrogens with zero attached hydrogens (tertiary/aromatic N) is 4. The van der Waals surface area contributed by atoms with Crippen LogP contribution in [0.4, 0.5) is 16.2 Å². The average molecular weight is 497 g/mol. The van der Waals surface area contributed by atoms with Crippen LogP contribution in [0.5, 0.6) is 5.75 Å². The highest BCUT2D eigenvalue weighted by Crippen LogP contribution is 2.53. The lowest BCUT2D eigenvalue weighted by Crippen LogP contribution is -2.28. The minimum Gasteiger partial charge on any atom is -0.489 e. The minimum atomic E-state index is -0.479. The van der Waals surface area contributed by atoms with Crippen LogP contribution >= 0.6 is 0 Å². The fraction of sp³-hybridized carbons (Fsp3) is 0.607. The maximum absolute atomic E-state index is 14.7. The van der Waals surface area contributed by atoms with Gasteiger partial charge in [0.05, 0.1) is 19.2 Å². The fourth-order valence-electron chi connectivity index (χ4n) is 5.25. The molecule has 36 heavy (non-hydrogen) atoms. The van der Waals surface area contributed by atoms with Gasteiger partial charge in [-0.1, -0.05) is 19.1 Å². The predicted molar refractivity (Wildman–Crippen MR) is 137 cm³/mol. The topological polar surface area (TPSA) is 67.8 Å². The lowest BCUT2D eigenvalue weighted by molar-refractivity contribution is -0.155. The Morgan fingerprint density at radius 2 is 1.92 bits per heavy atom. The smallest absolute Gasteiger partial charge is 0.306 e. The van der Waals surface area contributed by atoms with Gasteiger partial charge in [0, 0.05) is 26.1 Å². The number of carbonyl (C=O) groups is 1. The molecule has 1 saturated carbocycles. The molecule has 1 spiro atoms. The van der Waals surface area contributed by atoms with E-state index in [-0.39, 0.29) is 23.8 Å². The number of aromatic nitrogens is 2. The number of rotatable bonds is 7. The normalized spacial score (nSPS) is 21.6. The van der Waals surface area contributed by atoms with Crippen LogP contribution in [0.15, 0.2) is 30.5 Å². The molecule has 0 unspecified atom stereocenters. The molecular formula is C28H37FN4O3. The van der Waals surface area contributed by atoms with E-state index in [9.17, 15) is 9.18 Å². The highest BCUT2D eigenvalue weighted by Gasteiger charge is 2.48. The molecule has 2 aliphatic heterocycles. The summed E-state index contributed by atoms with van der Waals surface area (Å²) in [6.07, 6.45) is 6.14. The first-order chi connectivity index (χ1) is 17.1. The van der Waals surface area contributed by atoms with Crippen LogP contribution in [0.25, 0.3) is 0 Å². The van der Waals surface area contributed by atoms with Crippen molar-refractivity contribution in [3.8, 4) is 5.75 Å². The fourth-order valence-corrected chi connectivity index (χ4v) is 5.25. The summed E-state index contributed by atoms with van der Waals surface area (Å²) in [7, 11) is 0. The molecule has 8 heteroatoms. The van der Waals surface area contributed by atoms with Gasteiger partial charge < -0.3 is 19.3 Å². The van der Waals surface area contributed by atoms with Crippen molar-refractivity contribution >= 4 is 17.7 Å². The Morgan fingerprint density at radius 1 is 1.17 bits per heavy atom. The summed E-state index contributed by atoms with van der Waals surface area (Å²) in [5.41, 5.74) is 1.05. The summed E-state index contributed by atoms with van der Waals surface area (Å²) in [5.74, 6) is 1.24. The Bertz CT molecular complexity index is 1100. The number of hydrogen-bond acceptors (Lipinski definition) is 7. The van der Waals surface area contributed by atoms with E-state index in [0.29, 0.717) is 36.7 Å². The molecule has 2 saturated heterocycles. The number of anilines is 2. The maximum atomic E-state index is 14.7. The van der Waals surface area contributed by atoms with Crippen LogP contribution < -0.4 is 14.5 Å². The summed E-state index contributed by atoms with van der Waals surface area (Å²) in [6.45, 7) is 10.8. The molecule has 2 aromatic rings.